The van der Waals surface area contributed by atoms with Crippen molar-refractivity contribution in [1.29, 1.82) is 0 Å². The van der Waals surface area contributed by atoms with Crippen LogP contribution in [-0.2, 0) is 4.79 Å². The van der Waals surface area contributed by atoms with Crippen LogP contribution >= 0.6 is 0 Å². The molecule has 2 aromatic rings. The summed E-state index contributed by atoms with van der Waals surface area (Å²) in [5.41, 5.74) is 1.45. The number of ether oxygens (including phenoxy) is 3. The van der Waals surface area contributed by atoms with E-state index in [1.807, 2.05) is 6.92 Å². The number of carbonyl (C=O) groups is 1. The molecule has 0 spiro atoms. The molecule has 25 heavy (non-hydrogen) atoms. The molecule has 0 atom stereocenters. The van der Waals surface area contributed by atoms with Gasteiger partial charge in [0, 0.05) is 0 Å². The second kappa shape index (κ2) is 8.78. The smallest absolute Gasteiger partial charge is 0.336 e. The Balaban J connectivity index is 2.41. The summed E-state index contributed by atoms with van der Waals surface area (Å²) in [6.45, 7) is 2.62. The van der Waals surface area contributed by atoms with Crippen LogP contribution in [0.3, 0.4) is 0 Å². The van der Waals surface area contributed by atoms with Crippen LogP contribution in [0.25, 0.3) is 11.6 Å². The first kappa shape index (κ1) is 18.4. The molecule has 5 nitrogen and oxygen atoms in total. The molecule has 0 aliphatic rings. The molecule has 0 amide bonds. The summed E-state index contributed by atoms with van der Waals surface area (Å²) in [5.74, 6) is 0.793. The molecule has 0 saturated carbocycles. The summed E-state index contributed by atoms with van der Waals surface area (Å²) < 4.78 is 16.1. The van der Waals surface area contributed by atoms with E-state index in [9.17, 15) is 9.90 Å². The molecule has 0 unspecified atom stereocenters. The highest BCUT2D eigenvalue weighted by Crippen LogP contribution is 2.30. The summed E-state index contributed by atoms with van der Waals surface area (Å²) >= 11 is 0. The van der Waals surface area contributed by atoms with E-state index in [1.54, 1.807) is 62.8 Å². The largest absolute Gasteiger partial charge is 0.497 e. The van der Waals surface area contributed by atoms with Gasteiger partial charge in [-0.15, -0.1) is 0 Å². The summed E-state index contributed by atoms with van der Waals surface area (Å²) in [5, 5.41) is 9.58. The maximum Gasteiger partial charge on any atom is 0.336 e. The third-order valence-electron chi connectivity index (χ3n) is 3.57. The van der Waals surface area contributed by atoms with Crippen molar-refractivity contribution in [3.63, 3.8) is 0 Å². The minimum Gasteiger partial charge on any atom is -0.497 e. The van der Waals surface area contributed by atoms with E-state index in [1.165, 1.54) is 0 Å². The Morgan fingerprint density at radius 2 is 1.88 bits per heavy atom. The van der Waals surface area contributed by atoms with Crippen molar-refractivity contribution >= 4 is 17.6 Å². The zero-order valence-electron chi connectivity index (χ0n) is 14.6. The van der Waals surface area contributed by atoms with E-state index in [4.69, 9.17) is 14.2 Å². The van der Waals surface area contributed by atoms with Crippen molar-refractivity contribution in [3.05, 3.63) is 53.6 Å². The number of carboxylic acids is 1. The Hall–Kier alpha value is -2.95. The fourth-order valence-corrected chi connectivity index (χ4v) is 2.33. The van der Waals surface area contributed by atoms with Crippen molar-refractivity contribution in [1.82, 2.24) is 0 Å². The molecular weight excluding hydrogens is 320 g/mol. The van der Waals surface area contributed by atoms with Crippen LogP contribution in [0.4, 0.5) is 0 Å². The van der Waals surface area contributed by atoms with Crippen LogP contribution in [0.15, 0.2) is 42.5 Å². The number of methoxy groups -OCH3 is 2. The lowest BCUT2D eigenvalue weighted by molar-refractivity contribution is -0.130. The highest BCUT2D eigenvalue weighted by Gasteiger charge is 2.12. The second-order valence-electron chi connectivity index (χ2n) is 5.35. The molecular formula is C20H22O5. The second-order valence-corrected chi connectivity index (χ2v) is 5.35. The van der Waals surface area contributed by atoms with Gasteiger partial charge in [-0.1, -0.05) is 25.1 Å². The quantitative estimate of drug-likeness (QED) is 0.577. The minimum atomic E-state index is -1.02. The highest BCUT2D eigenvalue weighted by molar-refractivity contribution is 6.20. The average molecular weight is 342 g/mol. The Morgan fingerprint density at radius 3 is 2.52 bits per heavy atom. The number of hydrogen-bond donors (Lipinski definition) is 1. The van der Waals surface area contributed by atoms with Crippen LogP contribution in [0.5, 0.6) is 17.2 Å². The summed E-state index contributed by atoms with van der Waals surface area (Å²) in [4.78, 5) is 11.7. The van der Waals surface area contributed by atoms with E-state index in [2.05, 4.69) is 0 Å². The van der Waals surface area contributed by atoms with Gasteiger partial charge in [0.15, 0.2) is 11.5 Å². The first-order valence-corrected chi connectivity index (χ1v) is 7.99. The molecule has 5 heteroatoms. The Labute approximate surface area is 147 Å². The van der Waals surface area contributed by atoms with Crippen molar-refractivity contribution < 1.29 is 24.1 Å². The molecule has 0 aliphatic heterocycles. The molecule has 2 aromatic carbocycles. The normalized spacial score (nSPS) is 11.1. The molecule has 0 aromatic heterocycles. The Bertz CT molecular complexity index is 764. The summed E-state index contributed by atoms with van der Waals surface area (Å²) in [6, 6.07) is 12.3. The maximum absolute atomic E-state index is 11.7. The molecule has 132 valence electrons. The molecule has 0 bridgehead atoms. The van der Waals surface area contributed by atoms with Gasteiger partial charge < -0.3 is 19.3 Å². The third-order valence-corrected chi connectivity index (χ3v) is 3.57. The van der Waals surface area contributed by atoms with Crippen LogP contribution in [0, 0.1) is 0 Å². The van der Waals surface area contributed by atoms with Crippen molar-refractivity contribution in [2.75, 3.05) is 20.8 Å². The molecule has 1 N–H and O–H groups in total. The zero-order valence-corrected chi connectivity index (χ0v) is 14.6. The molecule has 0 heterocycles. The van der Waals surface area contributed by atoms with Gasteiger partial charge in [-0.25, -0.2) is 4.79 Å². The number of benzene rings is 2. The number of aliphatic carboxylic acids is 1. The van der Waals surface area contributed by atoms with Gasteiger partial charge in [0.1, 0.15) is 5.75 Å². The third kappa shape index (κ3) is 4.76. The maximum atomic E-state index is 11.7. The van der Waals surface area contributed by atoms with E-state index in [0.29, 0.717) is 35.0 Å². The van der Waals surface area contributed by atoms with Gasteiger partial charge in [0.25, 0.3) is 0 Å². The number of rotatable bonds is 8. The summed E-state index contributed by atoms with van der Waals surface area (Å²) in [6.07, 6.45) is 2.49. The highest BCUT2D eigenvalue weighted by atomic mass is 16.5. The zero-order chi connectivity index (χ0) is 18.2. The van der Waals surface area contributed by atoms with Gasteiger partial charge in [0.2, 0.25) is 0 Å². The van der Waals surface area contributed by atoms with E-state index in [0.717, 1.165) is 6.42 Å². The molecule has 0 aliphatic carbocycles. The fraction of sp³-hybridized carbons (Fsp3) is 0.250. The lowest BCUT2D eigenvalue weighted by atomic mass is 10.0. The summed E-state index contributed by atoms with van der Waals surface area (Å²) in [7, 11) is 3.10. The average Bonchev–Trinajstić information content (AvgIpc) is 2.64. The van der Waals surface area contributed by atoms with Crippen LogP contribution in [0.1, 0.15) is 24.5 Å². The van der Waals surface area contributed by atoms with Crippen LogP contribution < -0.4 is 14.2 Å². The van der Waals surface area contributed by atoms with Crippen molar-refractivity contribution in [3.8, 4) is 17.2 Å². The lowest BCUT2D eigenvalue weighted by Crippen LogP contribution is -2.01. The predicted molar refractivity (Wildman–Crippen MR) is 97.3 cm³/mol. The number of hydrogen-bond acceptors (Lipinski definition) is 4. The predicted octanol–water partition coefficient (Wildman–Crippen LogP) is 4.12. The van der Waals surface area contributed by atoms with E-state index < -0.39 is 5.97 Å². The van der Waals surface area contributed by atoms with Gasteiger partial charge >= 0.3 is 5.97 Å². The fourth-order valence-electron chi connectivity index (χ4n) is 2.33. The van der Waals surface area contributed by atoms with E-state index >= 15 is 0 Å². The van der Waals surface area contributed by atoms with Crippen LogP contribution in [-0.4, -0.2) is 31.9 Å². The number of carboxylic acid groups (broad SMARTS) is 1. The van der Waals surface area contributed by atoms with E-state index in [-0.39, 0.29) is 5.57 Å². The molecule has 0 radical (unpaired) electrons. The minimum absolute atomic E-state index is 0.170. The standard InChI is InChI=1S/C20H22O5/c1-4-10-25-18-9-8-14(12-19(18)24-3)11-17(20(21)22)15-6-5-7-16(13-15)23-2/h5-9,11-13H,4,10H2,1-3H3,(H,21,22)/b17-11-. The Morgan fingerprint density at radius 1 is 1.08 bits per heavy atom. The molecule has 0 fully saturated rings. The SMILES string of the molecule is CCCOc1ccc(/C=C(\C(=O)O)c2cccc(OC)c2)cc1OC. The van der Waals surface area contributed by atoms with Gasteiger partial charge in [-0.3, -0.25) is 0 Å². The van der Waals surface area contributed by atoms with Gasteiger partial charge in [-0.05, 0) is 47.9 Å². The topological polar surface area (TPSA) is 65.0 Å². The first-order chi connectivity index (χ1) is 12.1. The van der Waals surface area contributed by atoms with Crippen molar-refractivity contribution in [2.45, 2.75) is 13.3 Å². The first-order valence-electron chi connectivity index (χ1n) is 7.99. The van der Waals surface area contributed by atoms with Gasteiger partial charge in [-0.2, -0.15) is 0 Å². The lowest BCUT2D eigenvalue weighted by Gasteiger charge is -2.11. The monoisotopic (exact) mass is 342 g/mol. The van der Waals surface area contributed by atoms with Crippen LogP contribution in [0.2, 0.25) is 0 Å². The molecule has 2 rings (SSSR count). The Kier molecular flexibility index (Phi) is 6.46. The molecule has 0 saturated heterocycles. The van der Waals surface area contributed by atoms with Crippen molar-refractivity contribution in [2.24, 2.45) is 0 Å². The van der Waals surface area contributed by atoms with Gasteiger partial charge in [0.05, 0.1) is 26.4 Å².